The Bertz CT molecular complexity index is 1190. The summed E-state index contributed by atoms with van der Waals surface area (Å²) < 4.78 is 93.7. The summed E-state index contributed by atoms with van der Waals surface area (Å²) in [6.07, 6.45) is -2.66. The van der Waals surface area contributed by atoms with Crippen LogP contribution < -0.4 is 5.32 Å². The van der Waals surface area contributed by atoms with Gasteiger partial charge < -0.3 is 5.32 Å². The van der Waals surface area contributed by atoms with Crippen molar-refractivity contribution in [2.75, 3.05) is 11.6 Å². The minimum absolute atomic E-state index is 0.0725. The molecule has 13 heteroatoms. The van der Waals surface area contributed by atoms with Gasteiger partial charge in [-0.3, -0.25) is 9.48 Å². The second kappa shape index (κ2) is 8.03. The van der Waals surface area contributed by atoms with Crippen LogP contribution in [0.25, 0.3) is 0 Å². The van der Waals surface area contributed by atoms with Gasteiger partial charge in [0.15, 0.2) is 14.9 Å². The maximum Gasteiger partial charge on any atom is 0.420 e. The van der Waals surface area contributed by atoms with Crippen LogP contribution in [0.1, 0.15) is 59.8 Å². The lowest BCUT2D eigenvalue weighted by Gasteiger charge is -2.15. The first-order chi connectivity index (χ1) is 15.2. The predicted molar refractivity (Wildman–Crippen MR) is 107 cm³/mol. The Morgan fingerprint density at radius 3 is 2.52 bits per heavy atom. The number of hydrogen-bond donors (Lipinski definition) is 1. The zero-order valence-electron chi connectivity index (χ0n) is 17.5. The van der Waals surface area contributed by atoms with E-state index in [9.17, 15) is 35.2 Å². The van der Waals surface area contributed by atoms with Crippen LogP contribution in [-0.4, -0.2) is 41.3 Å². The van der Waals surface area contributed by atoms with E-state index in [2.05, 4.69) is 15.4 Å². The van der Waals surface area contributed by atoms with Gasteiger partial charge in [-0.15, -0.1) is 0 Å². The van der Waals surface area contributed by atoms with E-state index in [0.29, 0.717) is 12.8 Å². The molecule has 1 N–H and O–H groups in total. The minimum atomic E-state index is -4.89. The number of aromatic nitrogens is 3. The van der Waals surface area contributed by atoms with Crippen molar-refractivity contribution in [2.24, 2.45) is 5.92 Å². The number of halogens is 5. The highest BCUT2D eigenvalue weighted by atomic mass is 32.2. The minimum Gasteiger partial charge on any atom is -0.320 e. The average Bonchev–Trinajstić information content (AvgIpc) is 3.37. The molecule has 2 aliphatic carbocycles. The smallest absolute Gasteiger partial charge is 0.320 e. The maximum atomic E-state index is 14.0. The van der Waals surface area contributed by atoms with Crippen molar-refractivity contribution in [3.8, 4) is 0 Å². The largest absolute Gasteiger partial charge is 0.420 e. The monoisotopic (exact) mass is 492 g/mol. The molecule has 4 rings (SSSR count). The van der Waals surface area contributed by atoms with Crippen molar-refractivity contribution in [2.45, 2.75) is 61.7 Å². The summed E-state index contributed by atoms with van der Waals surface area (Å²) in [7, 11) is -3.72. The predicted octanol–water partition coefficient (Wildman–Crippen LogP) is 4.27. The third-order valence-corrected chi connectivity index (χ3v) is 6.73. The first kappa shape index (κ1) is 23.6. The summed E-state index contributed by atoms with van der Waals surface area (Å²) in [6, 6.07) is 2.26. The topological polar surface area (TPSA) is 94.0 Å². The number of rotatable bonds is 6. The first-order valence-corrected chi connectivity index (χ1v) is 12.2. The van der Waals surface area contributed by atoms with Gasteiger partial charge in [-0.25, -0.2) is 22.2 Å². The van der Waals surface area contributed by atoms with Crippen LogP contribution in [0.5, 0.6) is 0 Å². The second-order valence-corrected chi connectivity index (χ2v) is 10.6. The Hall–Kier alpha value is -2.57. The van der Waals surface area contributed by atoms with Crippen molar-refractivity contribution >= 4 is 21.4 Å². The lowest BCUT2D eigenvalue weighted by molar-refractivity contribution is -0.138. The van der Waals surface area contributed by atoms with Gasteiger partial charge in [0.2, 0.25) is 5.92 Å². The van der Waals surface area contributed by atoms with Crippen molar-refractivity contribution in [1.82, 2.24) is 14.8 Å². The van der Waals surface area contributed by atoms with Crippen molar-refractivity contribution < 1.29 is 35.2 Å². The number of anilines is 1. The molecule has 2 saturated carbocycles. The van der Waals surface area contributed by atoms with Gasteiger partial charge in [0.25, 0.3) is 5.91 Å². The Labute approximate surface area is 186 Å². The molecule has 2 aromatic heterocycles. The quantitative estimate of drug-likeness (QED) is 0.608. The van der Waals surface area contributed by atoms with Crippen LogP contribution in [0.2, 0.25) is 0 Å². The number of nitrogens with zero attached hydrogens (tertiary/aromatic N) is 3. The zero-order valence-corrected chi connectivity index (χ0v) is 18.3. The van der Waals surface area contributed by atoms with Crippen LogP contribution in [0.15, 0.2) is 23.4 Å². The third kappa shape index (κ3) is 5.17. The molecule has 180 valence electrons. The highest BCUT2D eigenvalue weighted by Crippen LogP contribution is 2.47. The number of alkyl halides is 5. The van der Waals surface area contributed by atoms with E-state index in [1.165, 1.54) is 6.07 Å². The van der Waals surface area contributed by atoms with Crippen LogP contribution in [0.4, 0.5) is 27.6 Å². The van der Waals surface area contributed by atoms with Gasteiger partial charge in [0, 0.05) is 43.4 Å². The van der Waals surface area contributed by atoms with Crippen molar-refractivity contribution in [3.63, 3.8) is 0 Å². The van der Waals surface area contributed by atoms with Crippen LogP contribution in [0, 0.1) is 5.92 Å². The molecule has 7 nitrogen and oxygen atoms in total. The highest BCUT2D eigenvalue weighted by Gasteiger charge is 2.47. The van der Waals surface area contributed by atoms with E-state index in [4.69, 9.17) is 0 Å². The molecular weight excluding hydrogens is 471 g/mol. The van der Waals surface area contributed by atoms with E-state index >= 15 is 0 Å². The number of carbonyl (C=O) groups is 1. The summed E-state index contributed by atoms with van der Waals surface area (Å²) in [5.74, 6) is -5.13. The molecular formula is C20H21F5N4O3S. The second-order valence-electron chi connectivity index (χ2n) is 8.64. The fraction of sp³-hybridized carbons (Fsp3) is 0.550. The summed E-state index contributed by atoms with van der Waals surface area (Å²) in [4.78, 5) is 16.7. The van der Waals surface area contributed by atoms with E-state index in [0.717, 1.165) is 23.2 Å². The summed E-state index contributed by atoms with van der Waals surface area (Å²) in [5, 5.41) is 5.97. The lowest BCUT2D eigenvalue weighted by Crippen LogP contribution is -2.24. The van der Waals surface area contributed by atoms with Crippen LogP contribution >= 0.6 is 0 Å². The maximum absolute atomic E-state index is 14.0. The molecule has 33 heavy (non-hydrogen) atoms. The number of hydrogen-bond acceptors (Lipinski definition) is 5. The average molecular weight is 492 g/mol. The summed E-state index contributed by atoms with van der Waals surface area (Å²) in [5.41, 5.74) is -2.28. The fourth-order valence-corrected chi connectivity index (χ4v) is 4.68. The van der Waals surface area contributed by atoms with Gasteiger partial charge in [-0.05, 0) is 37.3 Å². The van der Waals surface area contributed by atoms with Crippen molar-refractivity contribution in [1.29, 1.82) is 0 Å². The van der Waals surface area contributed by atoms with E-state index in [1.807, 2.05) is 0 Å². The zero-order chi connectivity index (χ0) is 24.2. The Balaban J connectivity index is 1.73. The van der Waals surface area contributed by atoms with Gasteiger partial charge >= 0.3 is 6.18 Å². The number of nitrogens with one attached hydrogen (secondary N) is 1. The number of carbonyl (C=O) groups excluding carboxylic acids is 1. The van der Waals surface area contributed by atoms with Gasteiger partial charge in [-0.1, -0.05) is 0 Å². The summed E-state index contributed by atoms with van der Waals surface area (Å²) >= 11 is 0. The third-order valence-electron chi connectivity index (χ3n) is 5.75. The molecule has 2 aliphatic rings. The Morgan fingerprint density at radius 1 is 1.27 bits per heavy atom. The number of pyridine rings is 1. The number of sulfone groups is 1. The molecule has 2 fully saturated rings. The van der Waals surface area contributed by atoms with Crippen LogP contribution in [-0.2, 0) is 22.6 Å². The Kier molecular flexibility index (Phi) is 5.74. The molecule has 0 aromatic carbocycles. The van der Waals surface area contributed by atoms with Gasteiger partial charge in [0.05, 0.1) is 5.69 Å². The standard InChI is InChI=1S/C20H21F5N4O3S/c1-33(31,32)14-8-13(5-7-26-14)27-18(30)17-15(20(23,24)25)16(12-2-3-12)28-29(17)10-11-4-6-19(21,22)9-11/h5,7-8,11-12H,2-4,6,9-10H2,1H3,(H,26,27,30)/t11-/m0/s1. The molecule has 1 amide bonds. The molecule has 0 aliphatic heterocycles. The molecule has 2 aromatic rings. The first-order valence-electron chi connectivity index (χ1n) is 10.3. The molecule has 0 radical (unpaired) electrons. The van der Waals surface area contributed by atoms with E-state index < -0.39 is 57.4 Å². The number of amides is 1. The normalized spacial score (nSPS) is 20.7. The fourth-order valence-electron chi connectivity index (χ4n) is 4.09. The van der Waals surface area contributed by atoms with E-state index in [-0.39, 0.29) is 35.8 Å². The van der Waals surface area contributed by atoms with Crippen molar-refractivity contribution in [3.05, 3.63) is 35.3 Å². The lowest BCUT2D eigenvalue weighted by atomic mass is 10.1. The molecule has 0 spiro atoms. The van der Waals surface area contributed by atoms with Gasteiger partial charge in [0.1, 0.15) is 11.3 Å². The molecule has 1 atom stereocenters. The van der Waals surface area contributed by atoms with Crippen LogP contribution in [0.3, 0.4) is 0 Å². The molecule has 0 unspecified atom stereocenters. The Morgan fingerprint density at radius 2 is 1.97 bits per heavy atom. The molecule has 2 heterocycles. The molecule has 0 bridgehead atoms. The summed E-state index contributed by atoms with van der Waals surface area (Å²) in [6.45, 7) is -0.251. The molecule has 0 saturated heterocycles. The highest BCUT2D eigenvalue weighted by molar-refractivity contribution is 7.90. The van der Waals surface area contributed by atoms with E-state index in [1.54, 1.807) is 0 Å². The SMILES string of the molecule is CS(=O)(=O)c1cc(NC(=O)c2c(C(F)(F)F)c(C3CC3)nn2C[C@H]2CCC(F)(F)C2)ccn1. The van der Waals surface area contributed by atoms with Gasteiger partial charge in [-0.2, -0.15) is 18.3 Å².